The van der Waals surface area contributed by atoms with Crippen LogP contribution in [0.2, 0.25) is 0 Å². The maximum Gasteiger partial charge on any atom is 0.349 e. The Morgan fingerprint density at radius 3 is 2.80 bits per heavy atom. The summed E-state index contributed by atoms with van der Waals surface area (Å²) >= 11 is 0. The average molecular weight is 278 g/mol. The summed E-state index contributed by atoms with van der Waals surface area (Å²) in [5.74, 6) is 0. The average Bonchev–Trinajstić information content (AvgIpc) is 2.40. The molecule has 0 spiro atoms. The predicted octanol–water partition coefficient (Wildman–Crippen LogP) is 0.412. The molecule has 1 aromatic heterocycles. The third-order valence-electron chi connectivity index (χ3n) is 2.95. The summed E-state index contributed by atoms with van der Waals surface area (Å²) in [5.41, 5.74) is 0.870. The number of aliphatic hydroxyl groups is 1. The second kappa shape index (κ2) is 5.30. The Bertz CT molecular complexity index is 734. The highest BCUT2D eigenvalue weighted by Gasteiger charge is 2.23. The Morgan fingerprint density at radius 1 is 1.50 bits per heavy atom. The standard InChI is InChI=1S/C13H16N3O4/c1-9(17)7-14(18)8-13-10(2)15(19)11-5-3-4-6-12(11)16(13)20/h3-6,8-9,17,19H,7H2,1-2H3/q+1/t9-/m0/s1. The lowest BCUT2D eigenvalue weighted by Gasteiger charge is -2.06. The molecule has 0 unspecified atom stereocenters. The summed E-state index contributed by atoms with van der Waals surface area (Å²) in [5, 5.41) is 30.8. The summed E-state index contributed by atoms with van der Waals surface area (Å²) in [7, 11) is 0. The first-order valence-corrected chi connectivity index (χ1v) is 6.14. The molecule has 1 atom stereocenters. The molecule has 0 amide bonds. The number of fused-ring (bicyclic) bond motifs is 1. The Morgan fingerprint density at radius 2 is 2.15 bits per heavy atom. The van der Waals surface area contributed by atoms with Gasteiger partial charge in [-0.15, -0.1) is 0 Å². The van der Waals surface area contributed by atoms with Crippen LogP contribution in [0.3, 0.4) is 0 Å². The third-order valence-corrected chi connectivity index (χ3v) is 2.95. The van der Waals surface area contributed by atoms with Crippen molar-refractivity contribution in [3.05, 3.63) is 45.8 Å². The van der Waals surface area contributed by atoms with Crippen molar-refractivity contribution in [2.45, 2.75) is 20.0 Å². The van der Waals surface area contributed by atoms with Crippen LogP contribution in [0.1, 0.15) is 18.3 Å². The molecule has 20 heavy (non-hydrogen) atoms. The van der Waals surface area contributed by atoms with E-state index in [1.54, 1.807) is 24.3 Å². The predicted molar refractivity (Wildman–Crippen MR) is 72.6 cm³/mol. The fraction of sp³-hybridized carbons (Fsp3) is 0.308. The number of hydrogen-bond acceptors (Lipinski definition) is 4. The Balaban J connectivity index is 2.69. The van der Waals surface area contributed by atoms with Gasteiger partial charge in [-0.25, -0.2) is 4.74 Å². The monoisotopic (exact) mass is 278 g/mol. The van der Waals surface area contributed by atoms with E-state index >= 15 is 0 Å². The number of para-hydroxylation sites is 2. The van der Waals surface area contributed by atoms with Crippen LogP contribution in [-0.2, 0) is 0 Å². The van der Waals surface area contributed by atoms with Gasteiger partial charge in [0.1, 0.15) is 11.8 Å². The molecule has 0 saturated heterocycles. The molecule has 1 heterocycles. The highest BCUT2D eigenvalue weighted by molar-refractivity contribution is 5.77. The Hall–Kier alpha value is -2.41. The molecule has 0 aliphatic rings. The van der Waals surface area contributed by atoms with Crippen molar-refractivity contribution in [2.24, 2.45) is 0 Å². The van der Waals surface area contributed by atoms with Crippen LogP contribution in [-0.4, -0.2) is 38.6 Å². The van der Waals surface area contributed by atoms with E-state index in [1.165, 1.54) is 13.8 Å². The number of hydrogen-bond donors (Lipinski definition) is 2. The molecule has 0 bridgehead atoms. The molecule has 0 aliphatic heterocycles. The second-order valence-corrected chi connectivity index (χ2v) is 4.64. The van der Waals surface area contributed by atoms with Crippen molar-refractivity contribution in [1.29, 1.82) is 0 Å². The number of benzene rings is 1. The molecule has 0 radical (unpaired) electrons. The lowest BCUT2D eigenvalue weighted by molar-refractivity contribution is -0.489. The largest absolute Gasteiger partial charge is 0.624 e. The summed E-state index contributed by atoms with van der Waals surface area (Å²) in [6, 6.07) is 6.52. The number of aliphatic hydroxyl groups excluding tert-OH is 1. The first-order chi connectivity index (χ1) is 9.41. The SMILES string of the molecule is Cc1c(C=[N+]([O-])C[C@H](C)O)[n+](=O)c2ccccc2n1O. The summed E-state index contributed by atoms with van der Waals surface area (Å²) < 4.78 is 1.92. The molecule has 0 saturated carbocycles. The lowest BCUT2D eigenvalue weighted by atomic mass is 10.2. The van der Waals surface area contributed by atoms with Gasteiger partial charge in [-0.3, -0.25) is 0 Å². The zero-order valence-corrected chi connectivity index (χ0v) is 11.2. The van der Waals surface area contributed by atoms with Crippen molar-refractivity contribution in [2.75, 3.05) is 6.54 Å². The first kappa shape index (κ1) is 14.0. The highest BCUT2D eigenvalue weighted by atomic mass is 16.5. The fourth-order valence-electron chi connectivity index (χ4n) is 1.98. The number of nitrogens with zero attached hydrogens (tertiary/aromatic N) is 3. The van der Waals surface area contributed by atoms with Gasteiger partial charge in [-0.1, -0.05) is 12.1 Å². The van der Waals surface area contributed by atoms with Crippen LogP contribution >= 0.6 is 0 Å². The van der Waals surface area contributed by atoms with Gasteiger partial charge in [0, 0.05) is 11.0 Å². The Labute approximate surface area is 114 Å². The molecular formula is C13H16N3O4+. The smallest absolute Gasteiger partial charge is 0.349 e. The summed E-state index contributed by atoms with van der Waals surface area (Å²) in [4.78, 5) is 12.3. The molecular weight excluding hydrogens is 262 g/mol. The summed E-state index contributed by atoms with van der Waals surface area (Å²) in [6.07, 6.45) is 0.250. The molecule has 0 fully saturated rings. The van der Waals surface area contributed by atoms with Crippen LogP contribution in [0.5, 0.6) is 0 Å². The lowest BCUT2D eigenvalue weighted by Crippen LogP contribution is -2.30. The molecule has 0 aliphatic carbocycles. The number of hydroxylamine groups is 1. The maximum absolute atomic E-state index is 12.3. The van der Waals surface area contributed by atoms with Gasteiger partial charge < -0.3 is 15.5 Å². The van der Waals surface area contributed by atoms with Gasteiger partial charge in [0.15, 0.2) is 12.1 Å². The maximum atomic E-state index is 12.3. The zero-order valence-electron chi connectivity index (χ0n) is 11.2. The number of aromatic nitrogens is 2. The van der Waals surface area contributed by atoms with Crippen molar-refractivity contribution in [1.82, 2.24) is 4.73 Å². The van der Waals surface area contributed by atoms with Crippen molar-refractivity contribution in [3.63, 3.8) is 0 Å². The number of rotatable bonds is 3. The molecule has 106 valence electrons. The minimum Gasteiger partial charge on any atom is -0.624 e. The van der Waals surface area contributed by atoms with E-state index in [9.17, 15) is 15.3 Å². The second-order valence-electron chi connectivity index (χ2n) is 4.64. The van der Waals surface area contributed by atoms with Crippen LogP contribution in [0.15, 0.2) is 24.3 Å². The molecule has 2 rings (SSSR count). The van der Waals surface area contributed by atoms with E-state index in [2.05, 4.69) is 0 Å². The van der Waals surface area contributed by atoms with Crippen LogP contribution in [0, 0.1) is 17.0 Å². The van der Waals surface area contributed by atoms with Gasteiger partial charge >= 0.3 is 5.69 Å². The van der Waals surface area contributed by atoms with E-state index in [1.807, 2.05) is 0 Å². The van der Waals surface area contributed by atoms with Crippen LogP contribution < -0.4 is 4.43 Å². The Kier molecular flexibility index (Phi) is 3.71. The van der Waals surface area contributed by atoms with Gasteiger partial charge in [0.05, 0.1) is 4.43 Å². The van der Waals surface area contributed by atoms with Gasteiger partial charge in [-0.05, 0) is 19.9 Å². The van der Waals surface area contributed by atoms with Gasteiger partial charge in [0.2, 0.25) is 0 Å². The minimum absolute atomic E-state index is 0.0295. The van der Waals surface area contributed by atoms with Crippen LogP contribution in [0.25, 0.3) is 11.0 Å². The highest BCUT2D eigenvalue weighted by Crippen LogP contribution is 2.11. The van der Waals surface area contributed by atoms with Crippen molar-refractivity contribution in [3.8, 4) is 0 Å². The zero-order chi connectivity index (χ0) is 14.9. The van der Waals surface area contributed by atoms with E-state index in [0.29, 0.717) is 14.7 Å². The van der Waals surface area contributed by atoms with E-state index in [0.717, 1.165) is 10.9 Å². The molecule has 7 heteroatoms. The molecule has 2 N–H and O–H groups in total. The van der Waals surface area contributed by atoms with E-state index < -0.39 is 6.10 Å². The van der Waals surface area contributed by atoms with E-state index in [4.69, 9.17) is 5.11 Å². The quantitative estimate of drug-likeness (QED) is 0.279. The molecule has 1 aromatic carbocycles. The van der Waals surface area contributed by atoms with Gasteiger partial charge in [-0.2, -0.15) is 4.73 Å². The minimum atomic E-state index is -0.814. The normalized spacial score (nSPS) is 13.7. The van der Waals surface area contributed by atoms with Crippen LogP contribution in [0.4, 0.5) is 0 Å². The fourth-order valence-corrected chi connectivity index (χ4v) is 1.98. The van der Waals surface area contributed by atoms with Crippen molar-refractivity contribution >= 4 is 17.2 Å². The third kappa shape index (κ3) is 2.48. The van der Waals surface area contributed by atoms with Crippen molar-refractivity contribution < 1.29 is 19.5 Å². The summed E-state index contributed by atoms with van der Waals surface area (Å²) in [6.45, 7) is 2.85. The molecule has 2 aromatic rings. The molecule has 7 nitrogen and oxygen atoms in total. The van der Waals surface area contributed by atoms with E-state index in [-0.39, 0.29) is 23.4 Å². The van der Waals surface area contributed by atoms with Gasteiger partial charge in [0.25, 0.3) is 11.7 Å². The topological polar surface area (TPSA) is 94.4 Å². The first-order valence-electron chi connectivity index (χ1n) is 6.14.